The molecule has 3 aliphatic rings. The number of aryl methyl sites for hydroxylation is 1. The summed E-state index contributed by atoms with van der Waals surface area (Å²) in [5.74, 6) is 0.480. The fraction of sp³-hybridized carbons (Fsp3) is 0.545. The first-order chi connectivity index (χ1) is 13.2. The molecule has 2 bridgehead atoms. The van der Waals surface area contributed by atoms with Gasteiger partial charge in [0.15, 0.2) is 11.0 Å². The van der Waals surface area contributed by atoms with Crippen molar-refractivity contribution < 1.29 is 9.59 Å². The van der Waals surface area contributed by atoms with Crippen molar-refractivity contribution in [1.82, 2.24) is 5.32 Å². The Morgan fingerprint density at radius 3 is 2.54 bits per heavy atom. The van der Waals surface area contributed by atoms with E-state index in [9.17, 15) is 9.59 Å². The molecule has 2 saturated carbocycles. The van der Waals surface area contributed by atoms with Crippen LogP contribution in [0.15, 0.2) is 34.5 Å². The molecular weight excluding hydrogens is 370 g/mol. The van der Waals surface area contributed by atoms with Crippen molar-refractivity contribution in [1.29, 1.82) is 0 Å². The predicted octanol–water partition coefficient (Wildman–Crippen LogP) is 4.36. The number of carbonyl (C=O) groups excluding carboxylic acids is 2. The van der Waals surface area contributed by atoms with Crippen molar-refractivity contribution in [3.8, 4) is 0 Å². The molecule has 4 rings (SSSR count). The number of amides is 1. The topological polar surface area (TPSA) is 70.9 Å². The lowest BCUT2D eigenvalue weighted by atomic mass is 9.70. The minimum absolute atomic E-state index is 0.0254. The maximum Gasteiger partial charge on any atom is 0.240 e. The van der Waals surface area contributed by atoms with Crippen LogP contribution < -0.4 is 5.32 Å². The molecule has 1 aliphatic heterocycles. The summed E-state index contributed by atoms with van der Waals surface area (Å²) in [6.07, 6.45) is 3.57. The summed E-state index contributed by atoms with van der Waals surface area (Å²) in [6.45, 7) is 8.94. The molecule has 1 amide bonds. The minimum Gasteiger partial charge on any atom is -0.303 e. The molecule has 5 nitrogen and oxygen atoms in total. The third-order valence-electron chi connectivity index (χ3n) is 7.29. The fourth-order valence-electron chi connectivity index (χ4n) is 4.80. The van der Waals surface area contributed by atoms with Crippen LogP contribution >= 0.6 is 11.8 Å². The molecule has 3 unspecified atom stereocenters. The van der Waals surface area contributed by atoms with Gasteiger partial charge in [-0.15, -0.1) is 5.10 Å². The van der Waals surface area contributed by atoms with E-state index in [1.807, 2.05) is 31.2 Å². The van der Waals surface area contributed by atoms with Crippen LogP contribution in [0.3, 0.4) is 0 Å². The highest BCUT2D eigenvalue weighted by Crippen LogP contribution is 2.64. The van der Waals surface area contributed by atoms with Gasteiger partial charge in [-0.1, -0.05) is 62.4 Å². The van der Waals surface area contributed by atoms with Crippen molar-refractivity contribution in [3.05, 3.63) is 35.4 Å². The van der Waals surface area contributed by atoms with Crippen molar-refractivity contribution in [2.45, 2.75) is 58.6 Å². The number of rotatable bonds is 4. The van der Waals surface area contributed by atoms with E-state index in [0.717, 1.165) is 24.1 Å². The second kappa shape index (κ2) is 6.83. The van der Waals surface area contributed by atoms with Crippen LogP contribution in [0.25, 0.3) is 0 Å². The highest BCUT2D eigenvalue weighted by atomic mass is 32.2. The maximum absolute atomic E-state index is 12.5. The molecule has 3 fully saturated rings. The summed E-state index contributed by atoms with van der Waals surface area (Å²) in [4.78, 5) is 24.8. The SMILES string of the molecule is Cc1ccc(C(=O)CC2S/C(=N\N=C3CC4CCC3(C)C4(C)C)NC2=O)cc1. The molecule has 1 saturated heterocycles. The molecule has 0 radical (unpaired) electrons. The van der Waals surface area contributed by atoms with Gasteiger partial charge in [-0.3, -0.25) is 9.59 Å². The van der Waals surface area contributed by atoms with E-state index in [2.05, 4.69) is 36.3 Å². The minimum atomic E-state index is -0.445. The van der Waals surface area contributed by atoms with Crippen LogP contribution in [-0.2, 0) is 4.79 Å². The van der Waals surface area contributed by atoms with E-state index in [1.165, 1.54) is 18.2 Å². The van der Waals surface area contributed by atoms with Crippen molar-refractivity contribution in [3.63, 3.8) is 0 Å². The van der Waals surface area contributed by atoms with E-state index >= 15 is 0 Å². The van der Waals surface area contributed by atoms with Gasteiger partial charge in [-0.05, 0) is 37.5 Å². The predicted molar refractivity (Wildman–Crippen MR) is 114 cm³/mol. The monoisotopic (exact) mass is 397 g/mol. The van der Waals surface area contributed by atoms with Crippen LogP contribution in [-0.4, -0.2) is 27.8 Å². The highest BCUT2D eigenvalue weighted by Gasteiger charge is 2.60. The number of amidine groups is 1. The third-order valence-corrected chi connectivity index (χ3v) is 8.37. The third kappa shape index (κ3) is 3.11. The van der Waals surface area contributed by atoms with Gasteiger partial charge >= 0.3 is 0 Å². The number of carbonyl (C=O) groups is 2. The first kappa shape index (κ1) is 19.4. The largest absolute Gasteiger partial charge is 0.303 e. The lowest BCUT2D eigenvalue weighted by Crippen LogP contribution is -2.32. The van der Waals surface area contributed by atoms with E-state index in [0.29, 0.717) is 16.6 Å². The van der Waals surface area contributed by atoms with Gasteiger partial charge in [-0.2, -0.15) is 5.10 Å². The van der Waals surface area contributed by atoms with Gasteiger partial charge in [0.25, 0.3) is 0 Å². The Balaban J connectivity index is 1.44. The van der Waals surface area contributed by atoms with Crippen molar-refractivity contribution in [2.75, 3.05) is 0 Å². The van der Waals surface area contributed by atoms with E-state index in [4.69, 9.17) is 0 Å². The molecule has 0 spiro atoms. The molecule has 0 aromatic heterocycles. The summed E-state index contributed by atoms with van der Waals surface area (Å²) in [5.41, 5.74) is 3.24. The van der Waals surface area contributed by atoms with Crippen LogP contribution in [0.4, 0.5) is 0 Å². The second-order valence-corrected chi connectivity index (χ2v) is 10.2. The van der Waals surface area contributed by atoms with Gasteiger partial charge in [-0.25, -0.2) is 0 Å². The Labute approximate surface area is 170 Å². The molecule has 1 N–H and O–H groups in total. The van der Waals surface area contributed by atoms with Crippen LogP contribution in [0, 0.1) is 23.7 Å². The zero-order valence-corrected chi connectivity index (χ0v) is 17.7. The quantitative estimate of drug-likeness (QED) is 0.606. The maximum atomic E-state index is 12.5. The zero-order valence-electron chi connectivity index (χ0n) is 16.9. The standard InChI is InChI=1S/C22H27N3O2S/c1-13-5-7-14(8-6-13)16(26)12-17-19(27)23-20(28-17)25-24-18-11-15-9-10-22(18,4)21(15,2)3/h5-8,15,17H,9-12H2,1-4H3,(H,23,25,27). The first-order valence-electron chi connectivity index (χ1n) is 9.93. The number of nitrogens with one attached hydrogen (secondary N) is 1. The number of nitrogens with zero attached hydrogens (tertiary/aromatic N) is 2. The Kier molecular flexibility index (Phi) is 4.73. The normalized spacial score (nSPS) is 33.6. The van der Waals surface area contributed by atoms with E-state index < -0.39 is 5.25 Å². The Morgan fingerprint density at radius 2 is 1.93 bits per heavy atom. The average Bonchev–Trinajstić information content (AvgIpc) is 3.17. The summed E-state index contributed by atoms with van der Waals surface area (Å²) < 4.78 is 0. The molecular formula is C22H27N3O2S. The molecule has 3 atom stereocenters. The summed E-state index contributed by atoms with van der Waals surface area (Å²) in [7, 11) is 0. The number of benzene rings is 1. The summed E-state index contributed by atoms with van der Waals surface area (Å²) in [6, 6.07) is 7.45. The lowest BCUT2D eigenvalue weighted by Gasteiger charge is -2.34. The smallest absolute Gasteiger partial charge is 0.240 e. The number of thioether (sulfide) groups is 1. The van der Waals surface area contributed by atoms with Gasteiger partial charge in [0.05, 0.1) is 5.25 Å². The second-order valence-electron chi connectivity index (χ2n) is 9.03. The summed E-state index contributed by atoms with van der Waals surface area (Å²) in [5, 5.41) is 11.8. The van der Waals surface area contributed by atoms with Gasteiger partial charge in [0.2, 0.25) is 5.91 Å². The van der Waals surface area contributed by atoms with Gasteiger partial charge < -0.3 is 5.32 Å². The molecule has 148 valence electrons. The highest BCUT2D eigenvalue weighted by molar-refractivity contribution is 8.15. The van der Waals surface area contributed by atoms with Crippen LogP contribution in [0.1, 0.15) is 62.4 Å². The van der Waals surface area contributed by atoms with E-state index in [-0.39, 0.29) is 28.9 Å². The molecule has 6 heteroatoms. The number of hydrogen-bond acceptors (Lipinski definition) is 5. The fourth-order valence-corrected chi connectivity index (χ4v) is 5.72. The Bertz CT molecular complexity index is 888. The molecule has 2 aliphatic carbocycles. The number of fused-ring (bicyclic) bond motifs is 2. The van der Waals surface area contributed by atoms with Crippen LogP contribution in [0.5, 0.6) is 0 Å². The average molecular weight is 398 g/mol. The first-order valence-corrected chi connectivity index (χ1v) is 10.8. The number of Topliss-reactive ketones (excluding diaryl/α,β-unsaturated/α-hetero) is 1. The number of hydrogen-bond donors (Lipinski definition) is 1. The molecule has 28 heavy (non-hydrogen) atoms. The van der Waals surface area contributed by atoms with Gasteiger partial charge in [0.1, 0.15) is 0 Å². The van der Waals surface area contributed by atoms with Crippen molar-refractivity contribution in [2.24, 2.45) is 27.0 Å². The zero-order chi connectivity index (χ0) is 20.1. The molecule has 1 aromatic rings. The van der Waals surface area contributed by atoms with E-state index in [1.54, 1.807) is 0 Å². The molecule has 1 heterocycles. The lowest BCUT2D eigenvalue weighted by molar-refractivity contribution is -0.118. The summed E-state index contributed by atoms with van der Waals surface area (Å²) >= 11 is 1.31. The van der Waals surface area contributed by atoms with Crippen molar-refractivity contribution >= 4 is 34.3 Å². The number of ketones is 1. The van der Waals surface area contributed by atoms with Crippen LogP contribution in [0.2, 0.25) is 0 Å². The Hall–Kier alpha value is -1.95. The van der Waals surface area contributed by atoms with Gasteiger partial charge in [0, 0.05) is 23.1 Å². The Morgan fingerprint density at radius 1 is 1.21 bits per heavy atom. The molecule has 1 aromatic carbocycles.